The summed E-state index contributed by atoms with van der Waals surface area (Å²) in [5.41, 5.74) is 2.95. The first-order valence-electron chi connectivity index (χ1n) is 9.83. The van der Waals surface area contributed by atoms with Gasteiger partial charge in [0, 0.05) is 55.8 Å². The Morgan fingerprint density at radius 1 is 1.04 bits per heavy atom. The van der Waals surface area contributed by atoms with Crippen LogP contribution in [0.2, 0.25) is 0 Å². The van der Waals surface area contributed by atoms with E-state index < -0.39 is 0 Å². The zero-order valence-electron chi connectivity index (χ0n) is 16.1. The smallest absolute Gasteiger partial charge is 0.250 e. The molecule has 2 aromatic rings. The Hall–Kier alpha value is -2.89. The van der Waals surface area contributed by atoms with Gasteiger partial charge >= 0.3 is 0 Å². The minimum Gasteiger partial charge on any atom is -0.342 e. The van der Waals surface area contributed by atoms with Gasteiger partial charge in [0.2, 0.25) is 11.8 Å². The first kappa shape index (κ1) is 18.5. The topological polar surface area (TPSA) is 71.4 Å². The Morgan fingerprint density at radius 2 is 1.82 bits per heavy atom. The Morgan fingerprint density at radius 3 is 2.61 bits per heavy atom. The SMILES string of the molecule is Cc1ccc(NC(=O)CCC(=O)N2C[C@@H]3C[C@@H](C2)c2cccc(=O)n2C3)cc1. The van der Waals surface area contributed by atoms with Crippen LogP contribution in [0.25, 0.3) is 0 Å². The molecule has 0 spiro atoms. The zero-order chi connectivity index (χ0) is 19.7. The summed E-state index contributed by atoms with van der Waals surface area (Å²) in [6, 6.07) is 13.0. The summed E-state index contributed by atoms with van der Waals surface area (Å²) in [5, 5.41) is 2.84. The second-order valence-corrected chi connectivity index (χ2v) is 7.91. The number of carbonyl (C=O) groups excluding carboxylic acids is 2. The number of amides is 2. The van der Waals surface area contributed by atoms with Crippen molar-refractivity contribution < 1.29 is 9.59 Å². The van der Waals surface area contributed by atoms with Gasteiger partial charge in [0.25, 0.3) is 5.56 Å². The maximum Gasteiger partial charge on any atom is 0.250 e. The van der Waals surface area contributed by atoms with Crippen molar-refractivity contribution in [3.8, 4) is 0 Å². The number of aromatic nitrogens is 1. The van der Waals surface area contributed by atoms with Crippen LogP contribution in [-0.4, -0.2) is 34.4 Å². The maximum atomic E-state index is 12.7. The van der Waals surface area contributed by atoms with Crippen LogP contribution in [0.4, 0.5) is 5.69 Å². The van der Waals surface area contributed by atoms with E-state index >= 15 is 0 Å². The van der Waals surface area contributed by atoms with E-state index in [2.05, 4.69) is 5.32 Å². The van der Waals surface area contributed by atoms with Gasteiger partial charge in [-0.25, -0.2) is 0 Å². The average molecular weight is 379 g/mol. The molecule has 28 heavy (non-hydrogen) atoms. The molecule has 6 nitrogen and oxygen atoms in total. The maximum absolute atomic E-state index is 12.7. The van der Waals surface area contributed by atoms with Crippen LogP contribution in [0.5, 0.6) is 0 Å². The lowest BCUT2D eigenvalue weighted by Crippen LogP contribution is -2.49. The van der Waals surface area contributed by atoms with Crippen LogP contribution in [-0.2, 0) is 16.1 Å². The summed E-state index contributed by atoms with van der Waals surface area (Å²) in [6.07, 6.45) is 1.40. The van der Waals surface area contributed by atoms with Crippen molar-refractivity contribution in [3.63, 3.8) is 0 Å². The first-order valence-corrected chi connectivity index (χ1v) is 9.83. The summed E-state index contributed by atoms with van der Waals surface area (Å²) in [5.74, 6) is 0.371. The second kappa shape index (κ2) is 7.62. The molecule has 1 aromatic heterocycles. The first-order chi connectivity index (χ1) is 13.5. The molecule has 1 aromatic carbocycles. The summed E-state index contributed by atoms with van der Waals surface area (Å²) in [4.78, 5) is 38.8. The number of pyridine rings is 1. The lowest BCUT2D eigenvalue weighted by molar-refractivity contribution is -0.135. The van der Waals surface area contributed by atoms with Crippen molar-refractivity contribution in [1.82, 2.24) is 9.47 Å². The molecule has 2 atom stereocenters. The Balaban J connectivity index is 1.34. The van der Waals surface area contributed by atoms with Crippen LogP contribution in [0.15, 0.2) is 47.3 Å². The molecule has 2 aliphatic heterocycles. The number of anilines is 1. The lowest BCUT2D eigenvalue weighted by atomic mass is 9.83. The quantitative estimate of drug-likeness (QED) is 0.887. The molecule has 3 heterocycles. The number of hydrogen-bond acceptors (Lipinski definition) is 3. The van der Waals surface area contributed by atoms with E-state index in [9.17, 15) is 14.4 Å². The molecule has 2 bridgehead atoms. The van der Waals surface area contributed by atoms with Gasteiger partial charge in [-0.05, 0) is 37.5 Å². The summed E-state index contributed by atoms with van der Waals surface area (Å²) in [6.45, 7) is 3.95. The molecule has 1 fully saturated rings. The molecule has 6 heteroatoms. The normalized spacial score (nSPS) is 20.4. The summed E-state index contributed by atoms with van der Waals surface area (Å²) < 4.78 is 1.86. The van der Waals surface area contributed by atoms with Gasteiger partial charge < -0.3 is 14.8 Å². The molecule has 146 valence electrons. The van der Waals surface area contributed by atoms with E-state index in [1.54, 1.807) is 12.1 Å². The van der Waals surface area contributed by atoms with E-state index in [-0.39, 0.29) is 36.1 Å². The summed E-state index contributed by atoms with van der Waals surface area (Å²) >= 11 is 0. The van der Waals surface area contributed by atoms with E-state index in [1.807, 2.05) is 46.7 Å². The highest BCUT2D eigenvalue weighted by Gasteiger charge is 2.36. The molecule has 0 radical (unpaired) electrons. The van der Waals surface area contributed by atoms with Gasteiger partial charge in [-0.2, -0.15) is 0 Å². The van der Waals surface area contributed by atoms with E-state index in [0.717, 1.165) is 23.4 Å². The minimum absolute atomic E-state index is 0.0143. The van der Waals surface area contributed by atoms with Crippen molar-refractivity contribution in [3.05, 3.63) is 64.1 Å². The third-order valence-electron chi connectivity index (χ3n) is 5.73. The van der Waals surface area contributed by atoms with Crippen molar-refractivity contribution in [1.29, 1.82) is 0 Å². The van der Waals surface area contributed by atoms with Gasteiger partial charge in [0.05, 0.1) is 0 Å². The second-order valence-electron chi connectivity index (χ2n) is 7.91. The van der Waals surface area contributed by atoms with Crippen LogP contribution in [0.1, 0.15) is 36.4 Å². The fourth-order valence-corrected chi connectivity index (χ4v) is 4.34. The molecule has 4 rings (SSSR count). The third kappa shape index (κ3) is 3.86. The van der Waals surface area contributed by atoms with Gasteiger partial charge in [-0.3, -0.25) is 14.4 Å². The number of fused-ring (bicyclic) bond motifs is 4. The highest BCUT2D eigenvalue weighted by atomic mass is 16.2. The van der Waals surface area contributed by atoms with Crippen molar-refractivity contribution in [2.45, 2.75) is 38.6 Å². The highest BCUT2D eigenvalue weighted by Crippen LogP contribution is 2.35. The molecule has 0 unspecified atom stereocenters. The number of hydrogen-bond donors (Lipinski definition) is 1. The summed E-state index contributed by atoms with van der Waals surface area (Å²) in [7, 11) is 0. The van der Waals surface area contributed by atoms with Crippen LogP contribution >= 0.6 is 0 Å². The van der Waals surface area contributed by atoms with Gasteiger partial charge in [0.15, 0.2) is 0 Å². The number of piperidine rings is 1. The number of carbonyl (C=O) groups is 2. The molecule has 1 N–H and O–H groups in total. The van der Waals surface area contributed by atoms with E-state index in [4.69, 9.17) is 0 Å². The fraction of sp³-hybridized carbons (Fsp3) is 0.409. The van der Waals surface area contributed by atoms with Gasteiger partial charge in [-0.1, -0.05) is 23.8 Å². The number of aryl methyl sites for hydroxylation is 1. The van der Waals surface area contributed by atoms with Crippen molar-refractivity contribution >= 4 is 17.5 Å². The monoisotopic (exact) mass is 379 g/mol. The van der Waals surface area contributed by atoms with Crippen LogP contribution < -0.4 is 10.9 Å². The number of nitrogens with zero attached hydrogens (tertiary/aromatic N) is 2. The Bertz CT molecular complexity index is 948. The highest BCUT2D eigenvalue weighted by molar-refractivity contribution is 5.93. The molecule has 0 saturated carbocycles. The molecule has 2 amide bonds. The van der Waals surface area contributed by atoms with E-state index in [0.29, 0.717) is 25.6 Å². The number of likely N-dealkylation sites (tertiary alicyclic amines) is 1. The largest absolute Gasteiger partial charge is 0.342 e. The lowest BCUT2D eigenvalue weighted by Gasteiger charge is -2.42. The van der Waals surface area contributed by atoms with Gasteiger partial charge in [-0.15, -0.1) is 0 Å². The minimum atomic E-state index is -0.147. The molecule has 1 saturated heterocycles. The number of nitrogens with one attached hydrogen (secondary N) is 1. The van der Waals surface area contributed by atoms with Crippen molar-refractivity contribution in [2.75, 3.05) is 18.4 Å². The Kier molecular flexibility index (Phi) is 5.03. The predicted octanol–water partition coefficient (Wildman–Crippen LogP) is 2.52. The van der Waals surface area contributed by atoms with Crippen LogP contribution in [0, 0.1) is 12.8 Å². The van der Waals surface area contributed by atoms with Gasteiger partial charge in [0.1, 0.15) is 0 Å². The average Bonchev–Trinajstić information content (AvgIpc) is 2.68. The molecular weight excluding hydrogens is 354 g/mol. The standard InChI is InChI=1S/C22H25N3O3/c1-15-5-7-18(8-6-15)23-20(26)9-10-21(27)24-12-16-11-17(14-24)19-3-2-4-22(28)25(19)13-16/h2-8,16-17H,9-14H2,1H3,(H,23,26)/t16-,17-/m0/s1. The van der Waals surface area contributed by atoms with Crippen molar-refractivity contribution in [2.24, 2.45) is 5.92 Å². The Labute approximate surface area is 164 Å². The number of rotatable bonds is 4. The van der Waals surface area contributed by atoms with E-state index in [1.165, 1.54) is 0 Å². The number of benzene rings is 1. The fourth-order valence-electron chi connectivity index (χ4n) is 4.34. The third-order valence-corrected chi connectivity index (χ3v) is 5.73. The molecule has 0 aliphatic carbocycles. The predicted molar refractivity (Wildman–Crippen MR) is 107 cm³/mol. The zero-order valence-corrected chi connectivity index (χ0v) is 16.1. The molecular formula is C22H25N3O3. The molecule has 2 aliphatic rings. The van der Waals surface area contributed by atoms with Crippen LogP contribution in [0.3, 0.4) is 0 Å².